The van der Waals surface area contributed by atoms with E-state index in [4.69, 9.17) is 11.6 Å². The molecule has 0 unspecified atom stereocenters. The maximum Gasteiger partial charge on any atom is 0.573 e. The molecule has 6 rings (SSSR count). The van der Waals surface area contributed by atoms with E-state index in [0.29, 0.717) is 16.3 Å². The van der Waals surface area contributed by atoms with Gasteiger partial charge < -0.3 is 19.9 Å². The zero-order valence-corrected chi connectivity index (χ0v) is 35.4. The van der Waals surface area contributed by atoms with Gasteiger partial charge in [-0.2, -0.15) is 0 Å². The van der Waals surface area contributed by atoms with Crippen molar-refractivity contribution in [2.75, 3.05) is 62.8 Å². The molecule has 0 bridgehead atoms. The molecule has 1 aliphatic heterocycles. The number of hydrogen-bond donors (Lipinski definition) is 2. The van der Waals surface area contributed by atoms with Crippen molar-refractivity contribution in [3.63, 3.8) is 0 Å². The number of carbonyl (C=O) groups is 1. The van der Waals surface area contributed by atoms with Crippen molar-refractivity contribution in [1.82, 2.24) is 14.5 Å². The predicted octanol–water partition coefficient (Wildman–Crippen LogP) is 9.18. The minimum atomic E-state index is -4.76. The van der Waals surface area contributed by atoms with Gasteiger partial charge in [0, 0.05) is 71.4 Å². The molecular weight excluding hydrogens is 819 g/mol. The highest BCUT2D eigenvalue weighted by atomic mass is 35.5. The van der Waals surface area contributed by atoms with Crippen LogP contribution in [0.3, 0.4) is 0 Å². The molecule has 0 spiro atoms. The molecule has 0 aliphatic carbocycles. The van der Waals surface area contributed by atoms with Crippen LogP contribution in [-0.4, -0.2) is 89.1 Å². The van der Waals surface area contributed by atoms with Crippen molar-refractivity contribution in [2.24, 2.45) is 0 Å². The number of rotatable bonds is 16. The largest absolute Gasteiger partial charge is 0.573 e. The van der Waals surface area contributed by atoms with Crippen molar-refractivity contribution >= 4 is 50.7 Å². The van der Waals surface area contributed by atoms with Gasteiger partial charge in [0.1, 0.15) is 5.75 Å². The molecule has 1 heterocycles. The van der Waals surface area contributed by atoms with Gasteiger partial charge in [0.05, 0.1) is 4.90 Å². The standard InChI is InChI=1S/C44H47ClF3N5O4S2/c1-31-28-40(20-21-42(31)49-36(22-23-51(2)3)30-58-39-18-16-38(17-19-39)57-44(46,47)48)59(55,56)50-43(54)33-10-14-37(15-11-33)53-26-24-52(25-27-53)29-34-6-4-5-7-41(34)32-8-12-35(45)13-9-32/h4-21,28,36,49H,22-27,29-30H2,1-3H3,(H,50,54)/t36-/m1/s1. The Morgan fingerprint density at radius 1 is 0.898 bits per heavy atom. The van der Waals surface area contributed by atoms with Crippen molar-refractivity contribution < 1.29 is 31.1 Å². The van der Waals surface area contributed by atoms with Crippen molar-refractivity contribution in [2.45, 2.75) is 42.1 Å². The second kappa shape index (κ2) is 19.6. The number of hydrogen-bond acceptors (Lipinski definition) is 9. The molecular formula is C44H47ClF3N5O4S2. The number of alkyl halides is 3. The summed E-state index contributed by atoms with van der Waals surface area (Å²) >= 11 is 7.60. The molecule has 0 saturated carbocycles. The van der Waals surface area contributed by atoms with Crippen molar-refractivity contribution in [3.8, 4) is 16.9 Å². The van der Waals surface area contributed by atoms with Crippen LogP contribution < -0.4 is 19.7 Å². The lowest BCUT2D eigenvalue weighted by Gasteiger charge is -2.36. The number of aryl methyl sites for hydroxylation is 1. The Labute approximate surface area is 353 Å². The zero-order chi connectivity index (χ0) is 42.2. The minimum absolute atomic E-state index is 0.0421. The van der Waals surface area contributed by atoms with Crippen LogP contribution in [0.15, 0.2) is 125 Å². The second-order valence-corrected chi connectivity index (χ2v) is 17.9. The van der Waals surface area contributed by atoms with E-state index in [1.54, 1.807) is 37.3 Å². The summed E-state index contributed by atoms with van der Waals surface area (Å²) in [5, 5.41) is 4.21. The molecule has 5 aromatic carbocycles. The summed E-state index contributed by atoms with van der Waals surface area (Å²) < 4.78 is 70.6. The van der Waals surface area contributed by atoms with E-state index in [9.17, 15) is 26.4 Å². The molecule has 1 atom stereocenters. The fourth-order valence-electron chi connectivity index (χ4n) is 6.77. The first-order valence-corrected chi connectivity index (χ1v) is 22.0. The number of carbonyl (C=O) groups excluding carboxylic acids is 1. The summed E-state index contributed by atoms with van der Waals surface area (Å²) in [5.74, 6) is -0.410. The lowest BCUT2D eigenvalue weighted by molar-refractivity contribution is -0.274. The zero-order valence-electron chi connectivity index (χ0n) is 33.0. The number of anilines is 2. The summed E-state index contributed by atoms with van der Waals surface area (Å²) in [6.45, 7) is 6.72. The van der Waals surface area contributed by atoms with Crippen LogP contribution in [-0.2, 0) is 16.6 Å². The Bertz CT molecular complexity index is 2290. The van der Waals surface area contributed by atoms with Gasteiger partial charge in [-0.3, -0.25) is 9.69 Å². The Morgan fingerprint density at radius 2 is 1.58 bits per heavy atom. The first kappa shape index (κ1) is 43.8. The minimum Gasteiger partial charge on any atom is -0.406 e. The monoisotopic (exact) mass is 865 g/mol. The molecule has 2 N–H and O–H groups in total. The van der Waals surface area contributed by atoms with E-state index in [1.807, 2.05) is 56.6 Å². The summed E-state index contributed by atoms with van der Waals surface area (Å²) in [5.41, 5.74) is 6.16. The average Bonchev–Trinajstić information content (AvgIpc) is 3.20. The number of nitrogens with one attached hydrogen (secondary N) is 2. The van der Waals surface area contributed by atoms with E-state index >= 15 is 0 Å². The number of halogens is 4. The second-order valence-electron chi connectivity index (χ2n) is 14.6. The molecule has 15 heteroatoms. The van der Waals surface area contributed by atoms with Crippen LogP contribution in [0.1, 0.15) is 27.9 Å². The quantitative estimate of drug-likeness (QED) is 0.0943. The van der Waals surface area contributed by atoms with Crippen LogP contribution in [0, 0.1) is 6.92 Å². The molecule has 0 radical (unpaired) electrons. The number of ether oxygens (including phenoxy) is 1. The van der Waals surface area contributed by atoms with Crippen molar-refractivity contribution in [1.29, 1.82) is 0 Å². The van der Waals surface area contributed by atoms with Crippen LogP contribution >= 0.6 is 23.4 Å². The summed E-state index contributed by atoms with van der Waals surface area (Å²) in [4.78, 5) is 20.7. The molecule has 9 nitrogen and oxygen atoms in total. The summed E-state index contributed by atoms with van der Waals surface area (Å²) in [7, 11) is -0.257. The smallest absolute Gasteiger partial charge is 0.406 e. The van der Waals surface area contributed by atoms with Crippen LogP contribution in [0.5, 0.6) is 5.75 Å². The van der Waals surface area contributed by atoms with Gasteiger partial charge in [-0.1, -0.05) is 48.0 Å². The first-order chi connectivity index (χ1) is 28.1. The van der Waals surface area contributed by atoms with E-state index < -0.39 is 22.3 Å². The van der Waals surface area contributed by atoms with Gasteiger partial charge in [-0.05, 0) is 135 Å². The van der Waals surface area contributed by atoms with Crippen LogP contribution in [0.25, 0.3) is 11.1 Å². The third kappa shape index (κ3) is 12.6. The number of amides is 1. The number of piperazine rings is 1. The Hall–Kier alpha value is -4.73. The molecule has 1 aliphatic rings. The molecule has 1 fully saturated rings. The van der Waals surface area contributed by atoms with E-state index in [-0.39, 0.29) is 22.3 Å². The lowest BCUT2D eigenvalue weighted by Crippen LogP contribution is -2.46. The topological polar surface area (TPSA) is 94.2 Å². The molecule has 312 valence electrons. The Balaban J connectivity index is 1.02. The van der Waals surface area contributed by atoms with Gasteiger partial charge in [-0.15, -0.1) is 24.9 Å². The molecule has 59 heavy (non-hydrogen) atoms. The van der Waals surface area contributed by atoms with Gasteiger partial charge in [0.15, 0.2) is 0 Å². The highest BCUT2D eigenvalue weighted by molar-refractivity contribution is 7.99. The van der Waals surface area contributed by atoms with E-state index in [1.165, 1.54) is 47.2 Å². The van der Waals surface area contributed by atoms with Gasteiger partial charge in [-0.25, -0.2) is 13.1 Å². The molecule has 0 aromatic heterocycles. The molecule has 1 amide bonds. The Kier molecular flexibility index (Phi) is 14.5. The van der Waals surface area contributed by atoms with Crippen molar-refractivity contribution in [3.05, 3.63) is 137 Å². The highest BCUT2D eigenvalue weighted by Gasteiger charge is 2.31. The number of thioether (sulfide) groups is 1. The van der Waals surface area contributed by atoms with E-state index in [2.05, 4.69) is 47.7 Å². The predicted molar refractivity (Wildman–Crippen MR) is 231 cm³/mol. The first-order valence-electron chi connectivity index (χ1n) is 19.1. The summed E-state index contributed by atoms with van der Waals surface area (Å²) in [6.07, 6.45) is -4.00. The van der Waals surface area contributed by atoms with Crippen LogP contribution in [0.2, 0.25) is 5.02 Å². The fraction of sp³-hybridized carbons (Fsp3) is 0.295. The number of sulfonamides is 1. The van der Waals surface area contributed by atoms with Gasteiger partial charge in [0.2, 0.25) is 0 Å². The Morgan fingerprint density at radius 3 is 2.22 bits per heavy atom. The van der Waals surface area contributed by atoms with Crippen LogP contribution in [0.4, 0.5) is 24.5 Å². The maximum absolute atomic E-state index is 13.4. The third-order valence-electron chi connectivity index (χ3n) is 9.96. The number of nitrogens with zero attached hydrogens (tertiary/aromatic N) is 3. The fourth-order valence-corrected chi connectivity index (χ4v) is 8.93. The SMILES string of the molecule is Cc1cc(S(=O)(=O)NC(=O)c2ccc(N3CCN(Cc4ccccc4-c4ccc(Cl)cc4)CC3)cc2)ccc1N[C@H](CCN(C)C)CSc1ccc(OC(F)(F)F)cc1. The maximum atomic E-state index is 13.4. The lowest BCUT2D eigenvalue weighted by atomic mass is 9.99. The normalized spacial score (nSPS) is 14.3. The van der Waals surface area contributed by atoms with Gasteiger partial charge >= 0.3 is 6.36 Å². The number of benzene rings is 5. The van der Waals surface area contributed by atoms with E-state index in [0.717, 1.165) is 67.5 Å². The molecule has 1 saturated heterocycles. The summed E-state index contributed by atoms with van der Waals surface area (Å²) in [6, 6.07) is 33.6. The van der Waals surface area contributed by atoms with Gasteiger partial charge in [0.25, 0.3) is 15.9 Å². The average molecular weight is 866 g/mol. The third-order valence-corrected chi connectivity index (χ3v) is 12.7. The molecule has 5 aromatic rings. The highest BCUT2D eigenvalue weighted by Crippen LogP contribution is 2.30.